The Morgan fingerprint density at radius 3 is 2.71 bits per heavy atom. The summed E-state index contributed by atoms with van der Waals surface area (Å²) < 4.78 is 7.46. The molecule has 6 heteroatoms. The largest absolute Gasteiger partial charge is 0.495 e. The lowest BCUT2D eigenvalue weighted by atomic mass is 10.0. The number of benzene rings is 2. The van der Waals surface area contributed by atoms with Gasteiger partial charge in [-0.05, 0) is 30.2 Å². The van der Waals surface area contributed by atoms with Crippen molar-refractivity contribution in [1.82, 2.24) is 19.9 Å². The van der Waals surface area contributed by atoms with Crippen molar-refractivity contribution in [2.75, 3.05) is 13.7 Å². The molecular weight excluding hydrogens is 388 g/mol. The number of nitrogens with zero attached hydrogens (tertiary/aromatic N) is 3. The zero-order valence-electron chi connectivity index (χ0n) is 17.6. The maximum absolute atomic E-state index is 12.4. The summed E-state index contributed by atoms with van der Waals surface area (Å²) in [6, 6.07) is 15.7. The molecule has 2 aromatic carbocycles. The van der Waals surface area contributed by atoms with Crippen molar-refractivity contribution in [3.63, 3.8) is 0 Å². The van der Waals surface area contributed by atoms with E-state index < -0.39 is 0 Å². The zero-order chi connectivity index (χ0) is 21.6. The number of para-hydroxylation sites is 1. The fourth-order valence-electron chi connectivity index (χ4n) is 3.70. The van der Waals surface area contributed by atoms with Crippen molar-refractivity contribution in [2.24, 2.45) is 7.05 Å². The van der Waals surface area contributed by atoms with E-state index in [1.807, 2.05) is 66.4 Å². The summed E-state index contributed by atoms with van der Waals surface area (Å²) in [5, 5.41) is 4.00. The molecule has 1 amide bonds. The summed E-state index contributed by atoms with van der Waals surface area (Å²) in [5.74, 6) is 1.37. The summed E-state index contributed by atoms with van der Waals surface area (Å²) in [5.41, 5.74) is 4.06. The van der Waals surface area contributed by atoms with Crippen LogP contribution < -0.4 is 10.1 Å². The first-order valence-electron chi connectivity index (χ1n) is 10.1. The molecule has 156 valence electrons. The van der Waals surface area contributed by atoms with Gasteiger partial charge in [0.05, 0.1) is 12.6 Å². The van der Waals surface area contributed by atoms with Gasteiger partial charge in [0.2, 0.25) is 5.91 Å². The lowest BCUT2D eigenvalue weighted by molar-refractivity contribution is -0.116. The van der Waals surface area contributed by atoms with Gasteiger partial charge in [0, 0.05) is 54.8 Å². The molecule has 0 unspecified atom stereocenters. The average molecular weight is 412 g/mol. The molecule has 0 aliphatic heterocycles. The van der Waals surface area contributed by atoms with Gasteiger partial charge in [-0.25, -0.2) is 9.97 Å². The van der Waals surface area contributed by atoms with Crippen LogP contribution in [-0.2, 0) is 18.3 Å². The van der Waals surface area contributed by atoms with Crippen LogP contribution in [0.15, 0.2) is 73.2 Å². The fourth-order valence-corrected chi connectivity index (χ4v) is 3.70. The number of fused-ring (bicyclic) bond motifs is 1. The lowest BCUT2D eigenvalue weighted by Crippen LogP contribution is -2.23. The number of rotatable bonds is 7. The van der Waals surface area contributed by atoms with Crippen LogP contribution in [0.4, 0.5) is 0 Å². The highest BCUT2D eigenvalue weighted by Crippen LogP contribution is 2.29. The molecule has 2 aromatic heterocycles. The minimum Gasteiger partial charge on any atom is -0.495 e. The molecule has 0 radical (unpaired) electrons. The molecule has 1 N–H and O–H groups in total. The number of nitrogens with one attached hydrogen (secondary N) is 1. The van der Waals surface area contributed by atoms with E-state index in [4.69, 9.17) is 4.74 Å². The predicted octanol–water partition coefficient (Wildman–Crippen LogP) is 4.02. The minimum atomic E-state index is -0.131. The number of hydrogen-bond acceptors (Lipinski definition) is 4. The van der Waals surface area contributed by atoms with Crippen LogP contribution in [0.2, 0.25) is 0 Å². The number of amides is 1. The van der Waals surface area contributed by atoms with Crippen LogP contribution in [0.1, 0.15) is 11.1 Å². The quantitative estimate of drug-likeness (QED) is 0.466. The van der Waals surface area contributed by atoms with Gasteiger partial charge in [-0.2, -0.15) is 0 Å². The van der Waals surface area contributed by atoms with Crippen LogP contribution in [0, 0.1) is 0 Å². The Morgan fingerprint density at radius 2 is 1.90 bits per heavy atom. The number of aryl methyl sites for hydroxylation is 1. The van der Waals surface area contributed by atoms with Gasteiger partial charge in [0.25, 0.3) is 0 Å². The molecule has 0 fully saturated rings. The van der Waals surface area contributed by atoms with E-state index in [1.54, 1.807) is 31.6 Å². The Labute approximate surface area is 181 Å². The Hall–Kier alpha value is -3.93. The fraction of sp³-hybridized carbons (Fsp3) is 0.160. The molecule has 6 nitrogen and oxygen atoms in total. The molecule has 0 atom stereocenters. The third-order valence-electron chi connectivity index (χ3n) is 5.15. The standard InChI is InChI=1S/C25H24N4O2/c1-29-17-19(20-9-5-10-22(31-2)24(20)29)11-12-23(30)26-16-13-18-7-3-4-8-21(18)25-27-14-6-15-28-25/h3-12,14-15,17H,13,16H2,1-2H3,(H,26,30)/b12-11+. The zero-order valence-corrected chi connectivity index (χ0v) is 17.6. The van der Waals surface area contributed by atoms with Crippen molar-refractivity contribution in [2.45, 2.75) is 6.42 Å². The van der Waals surface area contributed by atoms with Crippen LogP contribution in [0.5, 0.6) is 5.75 Å². The first-order chi connectivity index (χ1) is 15.2. The molecule has 4 rings (SSSR count). The number of aromatic nitrogens is 3. The normalized spacial score (nSPS) is 11.2. The van der Waals surface area contributed by atoms with Gasteiger partial charge in [0.15, 0.2) is 5.82 Å². The summed E-state index contributed by atoms with van der Waals surface area (Å²) in [6.07, 6.45) is 9.55. The molecule has 0 saturated carbocycles. The van der Waals surface area contributed by atoms with E-state index >= 15 is 0 Å². The number of carbonyl (C=O) groups is 1. The summed E-state index contributed by atoms with van der Waals surface area (Å²) >= 11 is 0. The van der Waals surface area contributed by atoms with Crippen molar-refractivity contribution in [3.8, 4) is 17.1 Å². The highest BCUT2D eigenvalue weighted by Gasteiger charge is 2.10. The second kappa shape index (κ2) is 9.26. The highest BCUT2D eigenvalue weighted by molar-refractivity contribution is 5.98. The SMILES string of the molecule is COc1cccc2c(/C=C/C(=O)NCCc3ccccc3-c3ncccn3)cn(C)c12. The van der Waals surface area contributed by atoms with Crippen LogP contribution in [0.3, 0.4) is 0 Å². The Balaban J connectivity index is 1.41. The molecular formula is C25H24N4O2. The van der Waals surface area contributed by atoms with E-state index in [0.29, 0.717) is 18.8 Å². The third kappa shape index (κ3) is 4.48. The van der Waals surface area contributed by atoms with Crippen LogP contribution >= 0.6 is 0 Å². The van der Waals surface area contributed by atoms with E-state index in [2.05, 4.69) is 15.3 Å². The van der Waals surface area contributed by atoms with E-state index in [1.165, 1.54) is 0 Å². The van der Waals surface area contributed by atoms with Crippen molar-refractivity contribution in [1.29, 1.82) is 0 Å². The smallest absolute Gasteiger partial charge is 0.244 e. The van der Waals surface area contributed by atoms with E-state index in [0.717, 1.165) is 33.3 Å². The molecule has 4 aromatic rings. The van der Waals surface area contributed by atoms with Gasteiger partial charge in [-0.15, -0.1) is 0 Å². The average Bonchev–Trinajstić information content (AvgIpc) is 3.14. The van der Waals surface area contributed by atoms with Gasteiger partial charge in [-0.1, -0.05) is 36.4 Å². The van der Waals surface area contributed by atoms with Crippen molar-refractivity contribution >= 4 is 22.9 Å². The Morgan fingerprint density at radius 1 is 1.10 bits per heavy atom. The molecule has 0 saturated heterocycles. The highest BCUT2D eigenvalue weighted by atomic mass is 16.5. The third-order valence-corrected chi connectivity index (χ3v) is 5.15. The summed E-state index contributed by atoms with van der Waals surface area (Å²) in [7, 11) is 3.63. The molecule has 2 heterocycles. The minimum absolute atomic E-state index is 0.131. The number of hydrogen-bond donors (Lipinski definition) is 1. The van der Waals surface area contributed by atoms with Gasteiger partial charge >= 0.3 is 0 Å². The lowest BCUT2D eigenvalue weighted by Gasteiger charge is -2.08. The van der Waals surface area contributed by atoms with Crippen molar-refractivity contribution in [3.05, 3.63) is 84.3 Å². The van der Waals surface area contributed by atoms with Gasteiger partial charge < -0.3 is 14.6 Å². The van der Waals surface area contributed by atoms with Gasteiger partial charge in [-0.3, -0.25) is 4.79 Å². The summed E-state index contributed by atoms with van der Waals surface area (Å²) in [4.78, 5) is 21.0. The second-order valence-electron chi connectivity index (χ2n) is 7.16. The topological polar surface area (TPSA) is 69.0 Å². The molecule has 0 bridgehead atoms. The number of carbonyl (C=O) groups excluding carboxylic acids is 1. The van der Waals surface area contributed by atoms with E-state index in [9.17, 15) is 4.79 Å². The monoisotopic (exact) mass is 412 g/mol. The first-order valence-corrected chi connectivity index (χ1v) is 10.1. The maximum Gasteiger partial charge on any atom is 0.244 e. The first kappa shape index (κ1) is 20.3. The molecule has 0 aliphatic carbocycles. The van der Waals surface area contributed by atoms with E-state index in [-0.39, 0.29) is 5.91 Å². The summed E-state index contributed by atoms with van der Waals surface area (Å²) in [6.45, 7) is 0.524. The Bertz CT molecular complexity index is 1230. The second-order valence-corrected chi connectivity index (χ2v) is 7.16. The van der Waals surface area contributed by atoms with Crippen molar-refractivity contribution < 1.29 is 9.53 Å². The molecule has 31 heavy (non-hydrogen) atoms. The van der Waals surface area contributed by atoms with Crippen LogP contribution in [0.25, 0.3) is 28.4 Å². The number of ether oxygens (including phenoxy) is 1. The van der Waals surface area contributed by atoms with Gasteiger partial charge in [0.1, 0.15) is 5.75 Å². The predicted molar refractivity (Wildman–Crippen MR) is 123 cm³/mol. The van der Waals surface area contributed by atoms with Crippen LogP contribution in [-0.4, -0.2) is 34.1 Å². The molecule has 0 spiro atoms. The Kier molecular flexibility index (Phi) is 6.08. The molecule has 0 aliphatic rings. The number of methoxy groups -OCH3 is 1. The maximum atomic E-state index is 12.4.